The molecule has 0 aromatic carbocycles. The molecule has 2 aliphatic heterocycles. The normalized spacial score (nSPS) is 37.5. The minimum Gasteiger partial charge on any atom is -0.311 e. The van der Waals surface area contributed by atoms with Gasteiger partial charge in [-0.2, -0.15) is 25.3 Å². The summed E-state index contributed by atoms with van der Waals surface area (Å²) in [6, 6.07) is -0.487. The van der Waals surface area contributed by atoms with Gasteiger partial charge in [0.2, 0.25) is 0 Å². The van der Waals surface area contributed by atoms with Crippen molar-refractivity contribution in [2.45, 2.75) is 25.2 Å². The van der Waals surface area contributed by atoms with E-state index in [4.69, 9.17) is 0 Å². The highest BCUT2D eigenvalue weighted by molar-refractivity contribution is 7.80. The summed E-state index contributed by atoms with van der Waals surface area (Å²) >= 11 is 8.26. The van der Waals surface area contributed by atoms with Crippen molar-refractivity contribution in [1.82, 2.24) is 20.4 Å². The Morgan fingerprint density at radius 2 is 1.44 bits per heavy atom. The maximum atomic E-state index is 11.8. The summed E-state index contributed by atoms with van der Waals surface area (Å²) in [6.45, 7) is 3.59. The number of urea groups is 2. The van der Waals surface area contributed by atoms with Crippen LogP contribution in [0.4, 0.5) is 9.59 Å². The molecule has 4 amide bonds. The summed E-state index contributed by atoms with van der Waals surface area (Å²) in [4.78, 5) is 26.5. The van der Waals surface area contributed by atoms with Crippen LogP contribution in [0.2, 0.25) is 0 Å². The van der Waals surface area contributed by atoms with E-state index in [9.17, 15) is 9.59 Å². The lowest BCUT2D eigenvalue weighted by molar-refractivity contribution is 0.0408. The van der Waals surface area contributed by atoms with E-state index in [1.165, 1.54) is 9.80 Å². The molecule has 0 saturated carbocycles. The Balaban J connectivity index is 2.50. The van der Waals surface area contributed by atoms with Crippen molar-refractivity contribution in [1.29, 1.82) is 0 Å². The highest BCUT2D eigenvalue weighted by atomic mass is 32.1. The highest BCUT2D eigenvalue weighted by Gasteiger charge is 2.66. The molecule has 2 heterocycles. The molecule has 0 aromatic rings. The van der Waals surface area contributed by atoms with E-state index in [1.54, 1.807) is 6.92 Å². The molecule has 0 spiro atoms. The molecule has 2 fully saturated rings. The van der Waals surface area contributed by atoms with Crippen LogP contribution in [0.3, 0.4) is 0 Å². The molecule has 16 heavy (non-hydrogen) atoms. The quantitative estimate of drug-likeness (QED) is 0.539. The number of nitrogens with one attached hydrogen (secondary N) is 2. The molecule has 0 aliphatic carbocycles. The van der Waals surface area contributed by atoms with E-state index in [0.717, 1.165) is 0 Å². The molecule has 0 atom stereocenters. The molecule has 90 valence electrons. The number of amides is 4. The van der Waals surface area contributed by atoms with E-state index in [0.29, 0.717) is 0 Å². The van der Waals surface area contributed by atoms with Crippen molar-refractivity contribution in [3.63, 3.8) is 0 Å². The van der Waals surface area contributed by atoms with Crippen LogP contribution in [-0.2, 0) is 0 Å². The van der Waals surface area contributed by atoms with Crippen molar-refractivity contribution >= 4 is 37.3 Å². The smallest absolute Gasteiger partial charge is 0.311 e. The average Bonchev–Trinajstić information content (AvgIpc) is 2.46. The number of thiol groups is 2. The molecule has 2 N–H and O–H groups in total. The van der Waals surface area contributed by atoms with Crippen molar-refractivity contribution in [2.75, 3.05) is 11.8 Å². The topological polar surface area (TPSA) is 64.7 Å². The summed E-state index contributed by atoms with van der Waals surface area (Å²) in [7, 11) is 0. The lowest BCUT2D eigenvalue weighted by atomic mass is 9.98. The number of fused-ring (bicyclic) bond motifs is 1. The second kappa shape index (κ2) is 3.36. The molecule has 0 radical (unpaired) electrons. The zero-order chi connectivity index (χ0) is 12.1. The molecule has 6 nitrogen and oxygen atoms in total. The zero-order valence-corrected chi connectivity index (χ0v) is 10.8. The van der Waals surface area contributed by atoms with Crippen LogP contribution in [0.25, 0.3) is 0 Å². The summed E-state index contributed by atoms with van der Waals surface area (Å²) in [5.41, 5.74) is -1.60. The fraction of sp³-hybridized carbons (Fsp3) is 0.750. The third-order valence-corrected chi connectivity index (χ3v) is 4.05. The van der Waals surface area contributed by atoms with Crippen molar-refractivity contribution in [2.24, 2.45) is 0 Å². The SMILES string of the molecule is CC12NC(=O)N(CS)C1(C)N(CS)C(=O)N2. The molecule has 2 saturated heterocycles. The first kappa shape index (κ1) is 11.7. The van der Waals surface area contributed by atoms with Crippen LogP contribution in [0.15, 0.2) is 0 Å². The molecular weight excluding hydrogens is 248 g/mol. The van der Waals surface area contributed by atoms with Gasteiger partial charge in [-0.05, 0) is 13.8 Å². The molecule has 2 rings (SSSR count). The molecule has 8 heteroatoms. The maximum Gasteiger partial charge on any atom is 0.322 e. The average molecular weight is 262 g/mol. The zero-order valence-electron chi connectivity index (χ0n) is 9.02. The standard InChI is InChI=1S/C8H14N4O2S2/c1-7-8(2,11(3-15)5(13)9-7)12(4-16)6(14)10-7/h15-16H,3-4H2,1-2H3,(H,9,13)(H,10,14). The number of nitrogens with zero attached hydrogens (tertiary/aromatic N) is 2. The van der Waals surface area contributed by atoms with Gasteiger partial charge in [-0.15, -0.1) is 0 Å². The van der Waals surface area contributed by atoms with Crippen molar-refractivity contribution < 1.29 is 9.59 Å². The Hall–Kier alpha value is -0.760. The largest absolute Gasteiger partial charge is 0.322 e. The van der Waals surface area contributed by atoms with Gasteiger partial charge in [0.1, 0.15) is 0 Å². The van der Waals surface area contributed by atoms with E-state index in [2.05, 4.69) is 35.9 Å². The minimum atomic E-state index is -0.813. The van der Waals surface area contributed by atoms with Crippen LogP contribution in [0.1, 0.15) is 13.8 Å². The third-order valence-electron chi connectivity index (χ3n) is 3.49. The Labute approximate surface area is 105 Å². The predicted molar refractivity (Wildman–Crippen MR) is 65.3 cm³/mol. The van der Waals surface area contributed by atoms with Crippen LogP contribution in [0.5, 0.6) is 0 Å². The van der Waals surface area contributed by atoms with Crippen LogP contribution < -0.4 is 10.6 Å². The summed E-state index contributed by atoms with van der Waals surface area (Å²) in [5, 5.41) is 5.52. The fourth-order valence-corrected chi connectivity index (χ4v) is 3.12. The van der Waals surface area contributed by atoms with Gasteiger partial charge in [-0.3, -0.25) is 9.80 Å². The molecular formula is C8H14N4O2S2. The van der Waals surface area contributed by atoms with E-state index < -0.39 is 11.3 Å². The van der Waals surface area contributed by atoms with Gasteiger partial charge in [0.25, 0.3) is 0 Å². The van der Waals surface area contributed by atoms with Crippen molar-refractivity contribution in [3.05, 3.63) is 0 Å². The number of carbonyl (C=O) groups excluding carboxylic acids is 2. The Bertz CT molecular complexity index is 336. The Kier molecular flexibility index (Phi) is 2.46. The maximum absolute atomic E-state index is 11.8. The molecule has 2 aliphatic rings. The monoisotopic (exact) mass is 262 g/mol. The van der Waals surface area contributed by atoms with E-state index in [1.807, 2.05) is 6.92 Å². The second-order valence-electron chi connectivity index (χ2n) is 4.15. The lowest BCUT2D eigenvalue weighted by Crippen LogP contribution is -2.63. The van der Waals surface area contributed by atoms with Crippen LogP contribution >= 0.6 is 25.3 Å². The lowest BCUT2D eigenvalue weighted by Gasteiger charge is -2.41. The summed E-state index contributed by atoms with van der Waals surface area (Å²) in [6.07, 6.45) is 0. The highest BCUT2D eigenvalue weighted by Crippen LogP contribution is 2.40. The van der Waals surface area contributed by atoms with Gasteiger partial charge in [0.15, 0.2) is 11.3 Å². The van der Waals surface area contributed by atoms with Gasteiger partial charge >= 0.3 is 12.1 Å². The molecule has 0 aromatic heterocycles. The van der Waals surface area contributed by atoms with Crippen molar-refractivity contribution in [3.8, 4) is 0 Å². The van der Waals surface area contributed by atoms with Gasteiger partial charge < -0.3 is 10.6 Å². The van der Waals surface area contributed by atoms with E-state index in [-0.39, 0.29) is 23.8 Å². The number of rotatable bonds is 2. The van der Waals surface area contributed by atoms with Crippen LogP contribution in [-0.4, -0.2) is 44.9 Å². The predicted octanol–water partition coefficient (Wildman–Crippen LogP) is 0.244. The number of carbonyl (C=O) groups is 2. The van der Waals surface area contributed by atoms with E-state index >= 15 is 0 Å². The first-order valence-electron chi connectivity index (χ1n) is 4.82. The van der Waals surface area contributed by atoms with Gasteiger partial charge in [0.05, 0.1) is 11.8 Å². The first-order valence-corrected chi connectivity index (χ1v) is 6.08. The number of hydrogen-bond acceptors (Lipinski definition) is 4. The van der Waals surface area contributed by atoms with Gasteiger partial charge in [-0.1, -0.05) is 0 Å². The third kappa shape index (κ3) is 1.11. The number of hydrogen-bond donors (Lipinski definition) is 4. The first-order chi connectivity index (χ1) is 7.40. The molecule has 0 unspecified atom stereocenters. The van der Waals surface area contributed by atoms with Gasteiger partial charge in [0, 0.05) is 0 Å². The fourth-order valence-electron chi connectivity index (χ4n) is 2.32. The summed E-state index contributed by atoms with van der Waals surface area (Å²) < 4.78 is 0. The van der Waals surface area contributed by atoms with Crippen LogP contribution in [0, 0.1) is 0 Å². The second-order valence-corrected chi connectivity index (χ2v) is 4.71. The minimum absolute atomic E-state index is 0.233. The Morgan fingerprint density at radius 3 is 1.75 bits per heavy atom. The Morgan fingerprint density at radius 1 is 1.06 bits per heavy atom. The van der Waals surface area contributed by atoms with Gasteiger partial charge in [-0.25, -0.2) is 9.59 Å². The molecule has 0 bridgehead atoms. The summed E-state index contributed by atoms with van der Waals surface area (Å²) in [5.74, 6) is 0.467.